The minimum absolute atomic E-state index is 0.0487. The van der Waals surface area contributed by atoms with Crippen molar-refractivity contribution in [2.75, 3.05) is 17.0 Å². The first-order chi connectivity index (χ1) is 12.0. The largest absolute Gasteiger partial charge is 0.351 e. The van der Waals surface area contributed by atoms with Gasteiger partial charge in [0.05, 0.1) is 5.75 Å². The summed E-state index contributed by atoms with van der Waals surface area (Å²) in [4.78, 5) is 12.2. The van der Waals surface area contributed by atoms with Crippen LogP contribution in [-0.2, 0) is 14.8 Å². The molecule has 2 aromatic carbocycles. The predicted octanol–water partition coefficient (Wildman–Crippen LogP) is 3.04. The number of para-hydroxylation sites is 1. The molecule has 0 bridgehead atoms. The van der Waals surface area contributed by atoms with Gasteiger partial charge >= 0.3 is 0 Å². The van der Waals surface area contributed by atoms with Crippen LogP contribution in [0.15, 0.2) is 66.2 Å². The molecule has 5 nitrogen and oxygen atoms in total. The summed E-state index contributed by atoms with van der Waals surface area (Å²) in [5.41, 5.74) is 2.06. The van der Waals surface area contributed by atoms with E-state index >= 15 is 0 Å². The smallest absolute Gasteiger partial charge is 0.247 e. The second-order valence-electron chi connectivity index (χ2n) is 5.48. The zero-order valence-corrected chi connectivity index (χ0v) is 14.9. The highest BCUT2D eigenvalue weighted by Crippen LogP contribution is 2.10. The van der Waals surface area contributed by atoms with Crippen molar-refractivity contribution in [2.45, 2.75) is 13.3 Å². The van der Waals surface area contributed by atoms with Gasteiger partial charge in [0.15, 0.2) is 0 Å². The highest BCUT2D eigenvalue weighted by Gasteiger charge is 2.12. The molecule has 0 saturated carbocycles. The molecular weight excluding hydrogens is 336 g/mol. The fourth-order valence-electron chi connectivity index (χ4n) is 2.23. The second kappa shape index (κ2) is 9.03. The third-order valence-electron chi connectivity index (χ3n) is 3.52. The molecule has 2 rings (SSSR count). The van der Waals surface area contributed by atoms with Gasteiger partial charge in [0.25, 0.3) is 0 Å². The van der Waals surface area contributed by atoms with Crippen LogP contribution >= 0.6 is 0 Å². The van der Waals surface area contributed by atoms with Crippen molar-refractivity contribution in [1.29, 1.82) is 0 Å². The van der Waals surface area contributed by atoms with Crippen LogP contribution < -0.4 is 10.0 Å². The number of nitrogens with one attached hydrogen (secondary N) is 2. The summed E-state index contributed by atoms with van der Waals surface area (Å²) >= 11 is 0. The molecule has 0 saturated heterocycles. The Balaban J connectivity index is 1.89. The fourth-order valence-corrected chi connectivity index (χ4v) is 3.20. The Bertz CT molecular complexity index is 816. The van der Waals surface area contributed by atoms with Gasteiger partial charge in [-0.15, -0.1) is 0 Å². The van der Waals surface area contributed by atoms with E-state index in [2.05, 4.69) is 10.0 Å². The van der Waals surface area contributed by atoms with E-state index in [-0.39, 0.29) is 18.2 Å². The van der Waals surface area contributed by atoms with Gasteiger partial charge in [-0.05, 0) is 30.2 Å². The summed E-state index contributed by atoms with van der Waals surface area (Å²) in [5.74, 6) is -0.433. The van der Waals surface area contributed by atoms with Gasteiger partial charge in [-0.25, -0.2) is 8.42 Å². The predicted molar refractivity (Wildman–Crippen MR) is 102 cm³/mol. The van der Waals surface area contributed by atoms with Crippen LogP contribution in [0.2, 0.25) is 0 Å². The number of amides is 1. The van der Waals surface area contributed by atoms with Crippen molar-refractivity contribution in [3.63, 3.8) is 0 Å². The molecular formula is C19H22N2O3S. The molecule has 0 aliphatic carbocycles. The van der Waals surface area contributed by atoms with E-state index in [9.17, 15) is 13.2 Å². The van der Waals surface area contributed by atoms with E-state index in [4.69, 9.17) is 0 Å². The molecule has 25 heavy (non-hydrogen) atoms. The van der Waals surface area contributed by atoms with Crippen molar-refractivity contribution >= 4 is 27.7 Å². The minimum Gasteiger partial charge on any atom is -0.351 e. The molecule has 0 spiro atoms. The van der Waals surface area contributed by atoms with Gasteiger partial charge in [0.2, 0.25) is 15.9 Å². The molecule has 0 atom stereocenters. The van der Waals surface area contributed by atoms with Gasteiger partial charge in [-0.2, -0.15) is 0 Å². The van der Waals surface area contributed by atoms with Crippen molar-refractivity contribution in [3.05, 3.63) is 71.8 Å². The molecule has 2 aromatic rings. The molecule has 0 fully saturated rings. The zero-order valence-electron chi connectivity index (χ0n) is 14.1. The Morgan fingerprint density at radius 3 is 2.20 bits per heavy atom. The van der Waals surface area contributed by atoms with Crippen molar-refractivity contribution in [2.24, 2.45) is 0 Å². The van der Waals surface area contributed by atoms with Crippen molar-refractivity contribution in [1.82, 2.24) is 5.32 Å². The molecule has 0 unspecified atom stereocenters. The maximum atomic E-state index is 12.2. The molecule has 1 amide bonds. The van der Waals surface area contributed by atoms with Crippen LogP contribution in [-0.4, -0.2) is 26.6 Å². The molecule has 2 N–H and O–H groups in total. The summed E-state index contributed by atoms with van der Waals surface area (Å²) < 4.78 is 26.6. The van der Waals surface area contributed by atoms with Crippen LogP contribution in [0.25, 0.3) is 6.08 Å². The summed E-state index contributed by atoms with van der Waals surface area (Å²) in [6.07, 6.45) is 2.38. The summed E-state index contributed by atoms with van der Waals surface area (Å²) in [6.45, 7) is 1.94. The van der Waals surface area contributed by atoms with Crippen LogP contribution in [0.4, 0.5) is 5.69 Å². The maximum absolute atomic E-state index is 12.2. The molecule has 0 radical (unpaired) electrons. The standard InChI is InChI=1S/C19H22N2O3S/c1-2-17(15-16-9-5-3-6-10-16)19(22)20-13-14-25(23,24)21-18-11-7-4-8-12-18/h3-12,15,21H,2,13-14H2,1H3,(H,20,22)/b17-15+. The monoisotopic (exact) mass is 358 g/mol. The van der Waals surface area contributed by atoms with Crippen LogP contribution in [0, 0.1) is 0 Å². The van der Waals surface area contributed by atoms with Crippen LogP contribution in [0.1, 0.15) is 18.9 Å². The first-order valence-corrected chi connectivity index (χ1v) is 9.75. The number of carbonyl (C=O) groups excluding carboxylic acids is 1. The first kappa shape index (κ1) is 18.7. The number of sulfonamides is 1. The second-order valence-corrected chi connectivity index (χ2v) is 7.32. The number of anilines is 1. The number of benzene rings is 2. The lowest BCUT2D eigenvalue weighted by atomic mass is 10.1. The summed E-state index contributed by atoms with van der Waals surface area (Å²) in [7, 11) is -3.51. The van der Waals surface area contributed by atoms with E-state index in [1.165, 1.54) is 0 Å². The van der Waals surface area contributed by atoms with Crippen LogP contribution in [0.3, 0.4) is 0 Å². The quantitative estimate of drug-likeness (QED) is 0.712. The Kier molecular flexibility index (Phi) is 6.77. The lowest BCUT2D eigenvalue weighted by Gasteiger charge is -2.10. The Labute approximate surface area is 148 Å². The van der Waals surface area contributed by atoms with Gasteiger partial charge in [0, 0.05) is 17.8 Å². The lowest BCUT2D eigenvalue weighted by molar-refractivity contribution is -0.117. The number of carbonyl (C=O) groups is 1. The summed E-state index contributed by atoms with van der Waals surface area (Å²) in [6, 6.07) is 18.2. The number of rotatable bonds is 8. The van der Waals surface area contributed by atoms with E-state index in [0.717, 1.165) is 5.56 Å². The molecule has 0 aliphatic rings. The third kappa shape index (κ3) is 6.43. The highest BCUT2D eigenvalue weighted by molar-refractivity contribution is 7.92. The zero-order chi connectivity index (χ0) is 18.1. The van der Waals surface area contributed by atoms with E-state index in [0.29, 0.717) is 17.7 Å². The normalized spacial score (nSPS) is 11.8. The number of hydrogen-bond acceptors (Lipinski definition) is 3. The van der Waals surface area contributed by atoms with Crippen molar-refractivity contribution < 1.29 is 13.2 Å². The van der Waals surface area contributed by atoms with Gasteiger partial charge in [0.1, 0.15) is 0 Å². The Hall–Kier alpha value is -2.60. The Morgan fingerprint density at radius 1 is 1.00 bits per heavy atom. The molecule has 132 valence electrons. The SMILES string of the molecule is CC/C(=C\c1ccccc1)C(=O)NCCS(=O)(=O)Nc1ccccc1. The van der Waals surface area contributed by atoms with Crippen molar-refractivity contribution in [3.8, 4) is 0 Å². The van der Waals surface area contributed by atoms with E-state index in [1.54, 1.807) is 24.3 Å². The van der Waals surface area contributed by atoms with Crippen LogP contribution in [0.5, 0.6) is 0 Å². The number of hydrogen-bond donors (Lipinski definition) is 2. The average molecular weight is 358 g/mol. The molecule has 0 aromatic heterocycles. The molecule has 6 heteroatoms. The first-order valence-electron chi connectivity index (χ1n) is 8.09. The molecule has 0 aliphatic heterocycles. The van der Waals surface area contributed by atoms with E-state index in [1.807, 2.05) is 49.4 Å². The maximum Gasteiger partial charge on any atom is 0.247 e. The fraction of sp³-hybridized carbons (Fsp3) is 0.211. The lowest BCUT2D eigenvalue weighted by Crippen LogP contribution is -2.32. The minimum atomic E-state index is -3.51. The molecule has 0 heterocycles. The third-order valence-corrected chi connectivity index (χ3v) is 4.80. The highest BCUT2D eigenvalue weighted by atomic mass is 32.2. The topological polar surface area (TPSA) is 75.3 Å². The average Bonchev–Trinajstić information content (AvgIpc) is 2.60. The van der Waals surface area contributed by atoms with Gasteiger partial charge in [-0.1, -0.05) is 55.5 Å². The van der Waals surface area contributed by atoms with Gasteiger partial charge < -0.3 is 5.32 Å². The van der Waals surface area contributed by atoms with E-state index < -0.39 is 10.0 Å². The van der Waals surface area contributed by atoms with Gasteiger partial charge in [-0.3, -0.25) is 9.52 Å². The Morgan fingerprint density at radius 2 is 1.60 bits per heavy atom. The summed E-state index contributed by atoms with van der Waals surface area (Å²) in [5, 5.41) is 2.67.